The molecule has 3 nitrogen and oxygen atoms in total. The van der Waals surface area contributed by atoms with Crippen molar-refractivity contribution < 1.29 is 14.6 Å². The molecular weight excluding hydrogens is 240 g/mol. The topological polar surface area (TPSA) is 46.5 Å². The number of carbonyl (C=O) groups excluding carboxylic acids is 1. The van der Waals surface area contributed by atoms with Gasteiger partial charge in [0.05, 0.1) is 17.8 Å². The Morgan fingerprint density at radius 2 is 2.21 bits per heavy atom. The summed E-state index contributed by atoms with van der Waals surface area (Å²) < 4.78 is 5.92. The van der Waals surface area contributed by atoms with Crippen molar-refractivity contribution in [2.75, 3.05) is 0 Å². The van der Waals surface area contributed by atoms with Gasteiger partial charge in [-0.05, 0) is 58.1 Å². The maximum absolute atomic E-state index is 12.1. The first-order valence-corrected chi connectivity index (χ1v) is 7.02. The van der Waals surface area contributed by atoms with Gasteiger partial charge >= 0.3 is 0 Å². The standard InChI is InChI=1S/C16H24O3/c1-10(2)5-6-11-8-14-12(7-13(11)17)9-15(19-14)16(3,4)18/h5,8,12,14-15,18H,6-7,9H2,1-4H3/t12-,14+,15-/m0/s1. The monoisotopic (exact) mass is 264 g/mol. The molecule has 3 heteroatoms. The molecule has 1 fully saturated rings. The van der Waals surface area contributed by atoms with Crippen LogP contribution in [-0.2, 0) is 9.53 Å². The van der Waals surface area contributed by atoms with E-state index in [0.29, 0.717) is 12.8 Å². The number of carbonyl (C=O) groups is 1. The molecule has 0 unspecified atom stereocenters. The van der Waals surface area contributed by atoms with Gasteiger partial charge in [-0.1, -0.05) is 11.6 Å². The molecule has 0 saturated carbocycles. The van der Waals surface area contributed by atoms with Crippen molar-refractivity contribution in [2.24, 2.45) is 5.92 Å². The molecule has 0 radical (unpaired) electrons. The third-order valence-corrected chi connectivity index (χ3v) is 3.99. The van der Waals surface area contributed by atoms with Gasteiger partial charge in [-0.2, -0.15) is 0 Å². The molecule has 0 aromatic carbocycles. The minimum absolute atomic E-state index is 0.00492. The van der Waals surface area contributed by atoms with Crippen LogP contribution in [0.3, 0.4) is 0 Å². The van der Waals surface area contributed by atoms with Crippen molar-refractivity contribution in [1.82, 2.24) is 0 Å². The third kappa shape index (κ3) is 3.34. The molecule has 1 aliphatic heterocycles. The van der Waals surface area contributed by atoms with E-state index in [1.807, 2.05) is 19.9 Å². The minimum atomic E-state index is -0.839. The van der Waals surface area contributed by atoms with E-state index in [-0.39, 0.29) is 23.9 Å². The molecule has 2 rings (SSSR count). The van der Waals surface area contributed by atoms with Crippen LogP contribution in [-0.4, -0.2) is 28.7 Å². The Kier molecular flexibility index (Phi) is 3.98. The minimum Gasteiger partial charge on any atom is -0.388 e. The molecule has 106 valence electrons. The zero-order valence-electron chi connectivity index (χ0n) is 12.3. The molecular formula is C16H24O3. The van der Waals surface area contributed by atoms with Crippen molar-refractivity contribution in [3.05, 3.63) is 23.3 Å². The quantitative estimate of drug-likeness (QED) is 0.797. The van der Waals surface area contributed by atoms with Crippen LogP contribution in [0.5, 0.6) is 0 Å². The fourth-order valence-electron chi connectivity index (χ4n) is 2.75. The van der Waals surface area contributed by atoms with Crippen LogP contribution in [0.2, 0.25) is 0 Å². The van der Waals surface area contributed by atoms with Crippen molar-refractivity contribution in [3.63, 3.8) is 0 Å². The lowest BCUT2D eigenvalue weighted by Crippen LogP contribution is -2.35. The molecule has 1 N–H and O–H groups in total. The van der Waals surface area contributed by atoms with Crippen LogP contribution < -0.4 is 0 Å². The SMILES string of the molecule is CC(C)=CCC1=C[C@H]2O[C@H](C(C)(C)O)C[C@@H]2CC1=O. The number of ether oxygens (including phenoxy) is 1. The maximum atomic E-state index is 12.1. The zero-order chi connectivity index (χ0) is 14.2. The zero-order valence-corrected chi connectivity index (χ0v) is 12.3. The number of rotatable bonds is 3. The molecule has 1 heterocycles. The molecule has 0 aromatic heterocycles. The van der Waals surface area contributed by atoms with Gasteiger partial charge in [0.25, 0.3) is 0 Å². The number of aliphatic hydroxyl groups is 1. The van der Waals surface area contributed by atoms with E-state index in [1.165, 1.54) is 5.57 Å². The molecule has 1 saturated heterocycles. The number of hydrogen-bond acceptors (Lipinski definition) is 3. The van der Waals surface area contributed by atoms with E-state index >= 15 is 0 Å². The summed E-state index contributed by atoms with van der Waals surface area (Å²) in [7, 11) is 0. The molecule has 0 bridgehead atoms. The number of ketones is 1. The summed E-state index contributed by atoms with van der Waals surface area (Å²) in [6.07, 6.45) is 5.89. The molecule has 0 aromatic rings. The van der Waals surface area contributed by atoms with Crippen LogP contribution in [0.1, 0.15) is 47.0 Å². The highest BCUT2D eigenvalue weighted by atomic mass is 16.5. The number of hydrogen-bond donors (Lipinski definition) is 1. The van der Waals surface area contributed by atoms with E-state index in [4.69, 9.17) is 4.74 Å². The highest BCUT2D eigenvalue weighted by Gasteiger charge is 2.43. The van der Waals surface area contributed by atoms with Crippen LogP contribution in [0.25, 0.3) is 0 Å². The van der Waals surface area contributed by atoms with E-state index in [2.05, 4.69) is 6.08 Å². The Morgan fingerprint density at radius 3 is 2.79 bits per heavy atom. The lowest BCUT2D eigenvalue weighted by Gasteiger charge is -2.25. The van der Waals surface area contributed by atoms with Gasteiger partial charge in [0.15, 0.2) is 5.78 Å². The summed E-state index contributed by atoms with van der Waals surface area (Å²) in [6.45, 7) is 7.61. The Bertz CT molecular complexity index is 422. The second-order valence-electron chi connectivity index (χ2n) is 6.54. The van der Waals surface area contributed by atoms with Crippen molar-refractivity contribution >= 4 is 5.78 Å². The lowest BCUT2D eigenvalue weighted by molar-refractivity contribution is -0.117. The first kappa shape index (κ1) is 14.5. The highest BCUT2D eigenvalue weighted by molar-refractivity contribution is 5.96. The Balaban J connectivity index is 2.11. The molecule has 3 atom stereocenters. The number of allylic oxidation sites excluding steroid dienone is 3. The normalized spacial score (nSPS) is 30.9. The molecule has 19 heavy (non-hydrogen) atoms. The first-order chi connectivity index (χ1) is 8.77. The summed E-state index contributed by atoms with van der Waals surface area (Å²) in [6, 6.07) is 0. The highest BCUT2D eigenvalue weighted by Crippen LogP contribution is 2.39. The van der Waals surface area contributed by atoms with Crippen molar-refractivity contribution in [1.29, 1.82) is 0 Å². The molecule has 2 aliphatic rings. The maximum Gasteiger partial charge on any atom is 0.159 e. The van der Waals surface area contributed by atoms with Crippen LogP contribution >= 0.6 is 0 Å². The number of Topliss-reactive ketones (excluding diaryl/α,β-unsaturated/α-hetero) is 1. The van der Waals surface area contributed by atoms with Gasteiger partial charge in [-0.25, -0.2) is 0 Å². The van der Waals surface area contributed by atoms with Gasteiger partial charge < -0.3 is 9.84 Å². The third-order valence-electron chi connectivity index (χ3n) is 3.99. The predicted molar refractivity (Wildman–Crippen MR) is 74.8 cm³/mol. The lowest BCUT2D eigenvalue weighted by atomic mass is 9.82. The Hall–Kier alpha value is -0.930. The summed E-state index contributed by atoms with van der Waals surface area (Å²) in [5, 5.41) is 10.0. The first-order valence-electron chi connectivity index (χ1n) is 7.02. The van der Waals surface area contributed by atoms with Gasteiger partial charge in [0, 0.05) is 6.42 Å². The van der Waals surface area contributed by atoms with Gasteiger partial charge in [-0.15, -0.1) is 0 Å². The molecule has 0 spiro atoms. The smallest absolute Gasteiger partial charge is 0.159 e. The summed E-state index contributed by atoms with van der Waals surface area (Å²) in [5.74, 6) is 0.470. The van der Waals surface area contributed by atoms with Crippen LogP contribution in [0.4, 0.5) is 0 Å². The van der Waals surface area contributed by atoms with Crippen molar-refractivity contribution in [2.45, 2.75) is 64.8 Å². The fraction of sp³-hybridized carbons (Fsp3) is 0.688. The van der Waals surface area contributed by atoms with E-state index in [0.717, 1.165) is 12.0 Å². The predicted octanol–water partition coefficient (Wildman–Crippen LogP) is 2.79. The Labute approximate surface area is 115 Å². The average Bonchev–Trinajstić information content (AvgIpc) is 2.68. The number of fused-ring (bicyclic) bond motifs is 1. The van der Waals surface area contributed by atoms with Gasteiger partial charge in [0.2, 0.25) is 0 Å². The Morgan fingerprint density at radius 1 is 1.53 bits per heavy atom. The van der Waals surface area contributed by atoms with E-state index in [1.54, 1.807) is 13.8 Å². The summed E-state index contributed by atoms with van der Waals surface area (Å²) in [5.41, 5.74) is 1.24. The van der Waals surface area contributed by atoms with E-state index in [9.17, 15) is 9.90 Å². The molecule has 0 amide bonds. The summed E-state index contributed by atoms with van der Waals surface area (Å²) in [4.78, 5) is 12.1. The molecule has 1 aliphatic carbocycles. The average molecular weight is 264 g/mol. The fourth-order valence-corrected chi connectivity index (χ4v) is 2.75. The second-order valence-corrected chi connectivity index (χ2v) is 6.54. The van der Waals surface area contributed by atoms with Crippen LogP contribution in [0, 0.1) is 5.92 Å². The summed E-state index contributed by atoms with van der Waals surface area (Å²) >= 11 is 0. The van der Waals surface area contributed by atoms with Crippen LogP contribution in [0.15, 0.2) is 23.3 Å². The van der Waals surface area contributed by atoms with Crippen molar-refractivity contribution in [3.8, 4) is 0 Å². The van der Waals surface area contributed by atoms with E-state index < -0.39 is 5.60 Å². The second kappa shape index (κ2) is 5.22. The van der Waals surface area contributed by atoms with Gasteiger partial charge in [0.1, 0.15) is 0 Å². The largest absolute Gasteiger partial charge is 0.388 e. The van der Waals surface area contributed by atoms with Gasteiger partial charge in [-0.3, -0.25) is 4.79 Å².